The Balaban J connectivity index is 1.66. The van der Waals surface area contributed by atoms with Gasteiger partial charge in [0.1, 0.15) is 11.3 Å². The summed E-state index contributed by atoms with van der Waals surface area (Å²) in [5.41, 5.74) is 7.53. The molecule has 0 saturated heterocycles. The van der Waals surface area contributed by atoms with Crippen LogP contribution in [-0.4, -0.2) is 28.2 Å². The van der Waals surface area contributed by atoms with E-state index in [1.165, 1.54) is 11.3 Å². The number of anilines is 2. The number of nitrogens with one attached hydrogen (secondary N) is 1. The Labute approximate surface area is 168 Å². The third-order valence-corrected chi connectivity index (χ3v) is 5.38. The Morgan fingerprint density at radius 1 is 1.29 bits per heavy atom. The van der Waals surface area contributed by atoms with Crippen LogP contribution in [0.5, 0.6) is 5.75 Å². The number of hydrogen-bond donors (Lipinski definition) is 2. The van der Waals surface area contributed by atoms with E-state index in [2.05, 4.69) is 20.5 Å². The van der Waals surface area contributed by atoms with E-state index < -0.39 is 5.91 Å². The van der Waals surface area contributed by atoms with Gasteiger partial charge in [-0.25, -0.2) is 4.98 Å². The molecule has 1 amide bonds. The fourth-order valence-corrected chi connectivity index (χ4v) is 4.00. The smallest absolute Gasteiger partial charge is 0.322 e. The first-order valence-electron chi connectivity index (χ1n) is 8.11. The van der Waals surface area contributed by atoms with Crippen LogP contribution in [0.1, 0.15) is 15.9 Å². The van der Waals surface area contributed by atoms with Crippen molar-refractivity contribution in [2.24, 2.45) is 5.73 Å². The van der Waals surface area contributed by atoms with Crippen LogP contribution in [-0.2, 0) is 0 Å². The summed E-state index contributed by atoms with van der Waals surface area (Å²) in [4.78, 5) is 16.2. The maximum atomic E-state index is 11.7. The van der Waals surface area contributed by atoms with Crippen molar-refractivity contribution in [2.45, 2.75) is 6.92 Å². The lowest BCUT2D eigenvalue weighted by atomic mass is 10.0. The molecule has 8 nitrogen and oxygen atoms in total. The number of methoxy groups -OCH3 is 1. The lowest BCUT2D eigenvalue weighted by Crippen LogP contribution is -2.14. The number of rotatable bonds is 5. The van der Waals surface area contributed by atoms with Gasteiger partial charge in [-0.05, 0) is 36.8 Å². The fourth-order valence-electron chi connectivity index (χ4n) is 2.83. The highest BCUT2D eigenvalue weighted by atomic mass is 35.5. The minimum absolute atomic E-state index is 0.169. The number of benzene rings is 2. The van der Waals surface area contributed by atoms with Crippen molar-refractivity contribution in [3.8, 4) is 17.2 Å². The van der Waals surface area contributed by atoms with E-state index in [9.17, 15) is 4.79 Å². The van der Waals surface area contributed by atoms with Gasteiger partial charge in [-0.2, -0.15) is 0 Å². The Morgan fingerprint density at radius 3 is 2.86 bits per heavy atom. The van der Waals surface area contributed by atoms with Gasteiger partial charge >= 0.3 is 6.01 Å². The van der Waals surface area contributed by atoms with Gasteiger partial charge in [0.05, 0.1) is 22.4 Å². The maximum absolute atomic E-state index is 11.7. The third-order valence-electron chi connectivity index (χ3n) is 4.13. The van der Waals surface area contributed by atoms with Gasteiger partial charge in [-0.1, -0.05) is 34.1 Å². The normalized spacial score (nSPS) is 11.0. The van der Waals surface area contributed by atoms with Crippen molar-refractivity contribution in [2.75, 3.05) is 12.4 Å². The minimum atomic E-state index is -0.620. The van der Waals surface area contributed by atoms with E-state index in [-0.39, 0.29) is 22.5 Å². The molecule has 4 aromatic rings. The summed E-state index contributed by atoms with van der Waals surface area (Å²) in [6, 6.07) is 9.13. The van der Waals surface area contributed by atoms with Crippen molar-refractivity contribution in [3.05, 3.63) is 46.5 Å². The number of para-hydroxylation sites is 1. The quantitative estimate of drug-likeness (QED) is 0.502. The maximum Gasteiger partial charge on any atom is 0.322 e. The average molecular weight is 416 g/mol. The summed E-state index contributed by atoms with van der Waals surface area (Å²) >= 11 is 7.49. The molecule has 142 valence electrons. The van der Waals surface area contributed by atoms with E-state index in [4.69, 9.17) is 26.5 Å². The number of nitrogens with two attached hydrogens (primary N) is 1. The highest BCUT2D eigenvalue weighted by molar-refractivity contribution is 7.22. The number of fused-ring (bicyclic) bond motifs is 1. The van der Waals surface area contributed by atoms with Crippen LogP contribution in [0.2, 0.25) is 5.02 Å². The number of primary amides is 1. The molecule has 0 aliphatic heterocycles. The van der Waals surface area contributed by atoms with Gasteiger partial charge in [-0.15, -0.1) is 5.10 Å². The molecule has 0 unspecified atom stereocenters. The predicted octanol–water partition coefficient (Wildman–Crippen LogP) is 4.16. The minimum Gasteiger partial charge on any atom is -0.494 e. The zero-order chi connectivity index (χ0) is 19.8. The van der Waals surface area contributed by atoms with E-state index in [1.807, 2.05) is 18.2 Å². The Kier molecular flexibility index (Phi) is 4.62. The number of hydrogen-bond acceptors (Lipinski definition) is 8. The lowest BCUT2D eigenvalue weighted by molar-refractivity contribution is 0.1000. The number of aromatic nitrogens is 3. The standard InChI is InChI=1S/C18H14ClN5O3S/c1-8-9(6-7-10(19)13(8)15(20)25)16-23-24-17(27-16)22-18-21-14-11(26-2)4-3-5-12(14)28-18/h3-7H,1-2H3,(H2,20,25)(H,21,22,24). The number of amides is 1. The second kappa shape index (κ2) is 7.10. The molecule has 0 aliphatic rings. The van der Waals surface area contributed by atoms with Crippen LogP contribution in [0.4, 0.5) is 11.1 Å². The zero-order valence-electron chi connectivity index (χ0n) is 14.8. The van der Waals surface area contributed by atoms with Crippen molar-refractivity contribution in [1.29, 1.82) is 0 Å². The van der Waals surface area contributed by atoms with Crippen LogP contribution >= 0.6 is 22.9 Å². The van der Waals surface area contributed by atoms with Gasteiger partial charge in [-0.3, -0.25) is 10.1 Å². The summed E-state index contributed by atoms with van der Waals surface area (Å²) in [6.45, 7) is 1.72. The van der Waals surface area contributed by atoms with Crippen molar-refractivity contribution in [3.63, 3.8) is 0 Å². The molecular formula is C18H14ClN5O3S. The molecule has 0 aliphatic carbocycles. The molecule has 10 heteroatoms. The van der Waals surface area contributed by atoms with Crippen LogP contribution in [0.25, 0.3) is 21.7 Å². The molecular weight excluding hydrogens is 402 g/mol. The van der Waals surface area contributed by atoms with Crippen molar-refractivity contribution < 1.29 is 13.9 Å². The number of nitrogens with zero attached hydrogens (tertiary/aromatic N) is 3. The Bertz CT molecular complexity index is 1200. The molecule has 3 N–H and O–H groups in total. The molecule has 2 aromatic carbocycles. The molecule has 4 rings (SSSR count). The van der Waals surface area contributed by atoms with Gasteiger partial charge in [0.2, 0.25) is 5.89 Å². The summed E-state index contributed by atoms with van der Waals surface area (Å²) in [6.07, 6.45) is 0. The highest BCUT2D eigenvalue weighted by Gasteiger charge is 2.19. The number of carbonyl (C=O) groups excluding carboxylic acids is 1. The SMILES string of the molecule is COc1cccc2sc(Nc3nnc(-c4ccc(Cl)c(C(N)=O)c4C)o3)nc12. The largest absolute Gasteiger partial charge is 0.494 e. The molecule has 2 aromatic heterocycles. The number of thiazole rings is 1. The zero-order valence-corrected chi connectivity index (χ0v) is 16.4. The molecule has 28 heavy (non-hydrogen) atoms. The molecule has 0 bridgehead atoms. The summed E-state index contributed by atoms with van der Waals surface area (Å²) in [7, 11) is 1.60. The van der Waals surface area contributed by atoms with Crippen LogP contribution < -0.4 is 15.8 Å². The second-order valence-electron chi connectivity index (χ2n) is 5.82. The summed E-state index contributed by atoms with van der Waals surface area (Å²) in [5, 5.41) is 11.9. The first-order valence-corrected chi connectivity index (χ1v) is 9.30. The third kappa shape index (κ3) is 3.14. The van der Waals surface area contributed by atoms with Crippen LogP contribution in [0.3, 0.4) is 0 Å². The van der Waals surface area contributed by atoms with E-state index in [1.54, 1.807) is 26.2 Å². The molecule has 0 fully saturated rings. The lowest BCUT2D eigenvalue weighted by Gasteiger charge is -2.07. The first kappa shape index (κ1) is 18.2. The number of halogens is 1. The van der Waals surface area contributed by atoms with Crippen molar-refractivity contribution >= 4 is 50.2 Å². The van der Waals surface area contributed by atoms with E-state index in [0.29, 0.717) is 22.0 Å². The van der Waals surface area contributed by atoms with Gasteiger partial charge in [0.15, 0.2) is 5.13 Å². The van der Waals surface area contributed by atoms with Gasteiger partial charge < -0.3 is 14.9 Å². The average Bonchev–Trinajstić information content (AvgIpc) is 3.28. The van der Waals surface area contributed by atoms with Crippen LogP contribution in [0, 0.1) is 6.92 Å². The molecule has 0 saturated carbocycles. The monoisotopic (exact) mass is 415 g/mol. The molecule has 0 spiro atoms. The number of ether oxygens (including phenoxy) is 1. The summed E-state index contributed by atoms with van der Waals surface area (Å²) < 4.78 is 12.0. The molecule has 0 atom stereocenters. The number of carbonyl (C=O) groups is 1. The highest BCUT2D eigenvalue weighted by Crippen LogP contribution is 2.34. The van der Waals surface area contributed by atoms with Crippen molar-refractivity contribution in [1.82, 2.24) is 15.2 Å². The fraction of sp³-hybridized carbons (Fsp3) is 0.111. The summed E-state index contributed by atoms with van der Waals surface area (Å²) in [5.74, 6) is 0.298. The van der Waals surface area contributed by atoms with E-state index >= 15 is 0 Å². The topological polar surface area (TPSA) is 116 Å². The first-order chi connectivity index (χ1) is 13.5. The molecule has 0 radical (unpaired) electrons. The predicted molar refractivity (Wildman–Crippen MR) is 107 cm³/mol. The van der Waals surface area contributed by atoms with Gasteiger partial charge in [0, 0.05) is 5.56 Å². The Morgan fingerprint density at radius 2 is 2.11 bits per heavy atom. The van der Waals surface area contributed by atoms with Gasteiger partial charge in [0.25, 0.3) is 5.91 Å². The second-order valence-corrected chi connectivity index (χ2v) is 7.26. The Hall–Kier alpha value is -3.17. The van der Waals surface area contributed by atoms with E-state index in [0.717, 1.165) is 10.2 Å². The van der Waals surface area contributed by atoms with Crippen LogP contribution in [0.15, 0.2) is 34.7 Å². The molecule has 2 heterocycles.